The summed E-state index contributed by atoms with van der Waals surface area (Å²) in [5.74, 6) is 0.479. The molecule has 2 N–H and O–H groups in total. The number of nitrogens with zero attached hydrogens (tertiary/aromatic N) is 2. The molecule has 1 unspecified atom stereocenters. The molecule has 108 valence electrons. The van der Waals surface area contributed by atoms with E-state index in [4.69, 9.17) is 10.2 Å². The van der Waals surface area contributed by atoms with Crippen LogP contribution in [-0.2, 0) is 16.6 Å². The molecule has 0 radical (unpaired) electrons. The molecule has 0 aromatic carbocycles. The average molecular weight is 287 g/mol. The van der Waals surface area contributed by atoms with Gasteiger partial charge < -0.3 is 15.1 Å². The van der Waals surface area contributed by atoms with Gasteiger partial charge >= 0.3 is 0 Å². The zero-order chi connectivity index (χ0) is 14.0. The predicted octanol–water partition coefficient (Wildman–Crippen LogP) is 0.453. The van der Waals surface area contributed by atoms with Crippen molar-refractivity contribution >= 4 is 10.0 Å². The maximum absolute atomic E-state index is 12.4. The van der Waals surface area contributed by atoms with Gasteiger partial charge in [-0.25, -0.2) is 8.42 Å². The summed E-state index contributed by atoms with van der Waals surface area (Å²) >= 11 is 0. The summed E-state index contributed by atoms with van der Waals surface area (Å²) in [6.07, 6.45) is 1.89. The van der Waals surface area contributed by atoms with Crippen molar-refractivity contribution in [3.8, 4) is 0 Å². The lowest BCUT2D eigenvalue weighted by Crippen LogP contribution is -2.47. The van der Waals surface area contributed by atoms with Crippen LogP contribution in [0.3, 0.4) is 0 Å². The zero-order valence-electron chi connectivity index (χ0n) is 11.4. The first kappa shape index (κ1) is 14.5. The van der Waals surface area contributed by atoms with Gasteiger partial charge in [0.25, 0.3) is 10.0 Å². The summed E-state index contributed by atoms with van der Waals surface area (Å²) in [5, 5.41) is -0.0244. The van der Waals surface area contributed by atoms with Crippen molar-refractivity contribution in [1.29, 1.82) is 0 Å². The van der Waals surface area contributed by atoms with Crippen LogP contribution in [0, 0.1) is 0 Å². The Morgan fingerprint density at radius 2 is 2.26 bits per heavy atom. The molecule has 0 aliphatic carbocycles. The topological polar surface area (TPSA) is 79.8 Å². The quantitative estimate of drug-likeness (QED) is 0.870. The SMILES string of the molecule is CN1CCCC(N(C)S(=O)(=O)c2ccc(CN)o2)C1. The highest BCUT2D eigenvalue weighted by molar-refractivity contribution is 7.89. The lowest BCUT2D eigenvalue weighted by atomic mass is 10.1. The first-order chi connectivity index (χ1) is 8.95. The van der Waals surface area contributed by atoms with Crippen molar-refractivity contribution in [2.75, 3.05) is 27.2 Å². The van der Waals surface area contributed by atoms with E-state index in [1.54, 1.807) is 13.1 Å². The van der Waals surface area contributed by atoms with Crippen LogP contribution in [0.1, 0.15) is 18.6 Å². The van der Waals surface area contributed by atoms with E-state index < -0.39 is 10.0 Å². The second-order valence-corrected chi connectivity index (χ2v) is 6.93. The number of nitrogens with two attached hydrogens (primary N) is 1. The third-order valence-corrected chi connectivity index (χ3v) is 5.37. The van der Waals surface area contributed by atoms with Gasteiger partial charge in [0.05, 0.1) is 6.54 Å². The van der Waals surface area contributed by atoms with Crippen LogP contribution in [0.5, 0.6) is 0 Å². The van der Waals surface area contributed by atoms with E-state index in [1.807, 2.05) is 7.05 Å². The normalized spacial score (nSPS) is 22.0. The molecule has 1 aromatic heterocycles. The minimum Gasteiger partial charge on any atom is -0.447 e. The molecule has 2 heterocycles. The maximum atomic E-state index is 12.4. The molecular formula is C12H21N3O3S. The standard InChI is InChI=1S/C12H21N3O3S/c1-14-7-3-4-10(9-14)15(2)19(16,17)12-6-5-11(8-13)18-12/h5-6,10H,3-4,7-9,13H2,1-2H3. The van der Waals surface area contributed by atoms with Crippen molar-refractivity contribution in [1.82, 2.24) is 9.21 Å². The molecule has 7 heteroatoms. The van der Waals surface area contributed by atoms with Gasteiger partial charge in [-0.3, -0.25) is 0 Å². The molecule has 1 aliphatic heterocycles. The Morgan fingerprint density at radius 1 is 1.53 bits per heavy atom. The average Bonchev–Trinajstić information content (AvgIpc) is 2.87. The molecule has 1 aromatic rings. The Morgan fingerprint density at radius 3 is 2.84 bits per heavy atom. The third kappa shape index (κ3) is 3.00. The summed E-state index contributed by atoms with van der Waals surface area (Å²) in [7, 11) is 0.0540. The Balaban J connectivity index is 2.18. The van der Waals surface area contributed by atoms with Crippen LogP contribution >= 0.6 is 0 Å². The van der Waals surface area contributed by atoms with Gasteiger partial charge in [-0.15, -0.1) is 0 Å². The molecule has 1 saturated heterocycles. The number of hydrogen-bond donors (Lipinski definition) is 1. The maximum Gasteiger partial charge on any atom is 0.276 e. The molecular weight excluding hydrogens is 266 g/mol. The molecule has 1 atom stereocenters. The van der Waals surface area contributed by atoms with Crippen molar-refractivity contribution < 1.29 is 12.8 Å². The van der Waals surface area contributed by atoms with Crippen LogP contribution in [0.15, 0.2) is 21.6 Å². The smallest absolute Gasteiger partial charge is 0.276 e. The number of furan rings is 1. The molecule has 0 bridgehead atoms. The van der Waals surface area contributed by atoms with Crippen molar-refractivity contribution in [3.05, 3.63) is 17.9 Å². The Labute approximate surface area is 114 Å². The highest BCUT2D eigenvalue weighted by Gasteiger charge is 2.32. The first-order valence-corrected chi connectivity index (χ1v) is 7.84. The van der Waals surface area contributed by atoms with E-state index in [0.29, 0.717) is 5.76 Å². The Hall–Kier alpha value is -0.890. The number of likely N-dealkylation sites (N-methyl/N-ethyl adjacent to an activating group) is 2. The summed E-state index contributed by atoms with van der Waals surface area (Å²) < 4.78 is 31.6. The number of likely N-dealkylation sites (tertiary alicyclic amines) is 1. The van der Waals surface area contributed by atoms with E-state index in [2.05, 4.69) is 4.90 Å². The Bertz CT molecular complexity index is 526. The molecule has 0 saturated carbocycles. The fourth-order valence-electron chi connectivity index (χ4n) is 2.38. The third-order valence-electron chi connectivity index (χ3n) is 3.59. The summed E-state index contributed by atoms with van der Waals surface area (Å²) in [6.45, 7) is 1.97. The van der Waals surface area contributed by atoms with E-state index in [1.165, 1.54) is 10.4 Å². The monoisotopic (exact) mass is 287 g/mol. The van der Waals surface area contributed by atoms with Crippen LogP contribution in [0.4, 0.5) is 0 Å². The summed E-state index contributed by atoms with van der Waals surface area (Å²) in [6, 6.07) is 3.07. The molecule has 0 spiro atoms. The van der Waals surface area contributed by atoms with Gasteiger partial charge in [0, 0.05) is 19.6 Å². The molecule has 0 amide bonds. The molecule has 6 nitrogen and oxygen atoms in total. The largest absolute Gasteiger partial charge is 0.447 e. The fourth-order valence-corrected chi connectivity index (χ4v) is 3.68. The van der Waals surface area contributed by atoms with Gasteiger partial charge in [0.1, 0.15) is 5.76 Å². The van der Waals surface area contributed by atoms with Crippen molar-refractivity contribution in [2.24, 2.45) is 5.73 Å². The Kier molecular flexibility index (Phi) is 4.29. The predicted molar refractivity (Wildman–Crippen MR) is 72.1 cm³/mol. The van der Waals surface area contributed by atoms with Crippen LogP contribution in [-0.4, -0.2) is 50.8 Å². The van der Waals surface area contributed by atoms with E-state index in [0.717, 1.165) is 25.9 Å². The van der Waals surface area contributed by atoms with Gasteiger partial charge in [-0.05, 0) is 38.6 Å². The highest BCUT2D eigenvalue weighted by atomic mass is 32.2. The van der Waals surface area contributed by atoms with E-state index in [-0.39, 0.29) is 17.7 Å². The van der Waals surface area contributed by atoms with E-state index >= 15 is 0 Å². The van der Waals surface area contributed by atoms with Crippen LogP contribution < -0.4 is 5.73 Å². The second kappa shape index (κ2) is 5.62. The lowest BCUT2D eigenvalue weighted by Gasteiger charge is -2.34. The minimum atomic E-state index is -3.57. The van der Waals surface area contributed by atoms with Gasteiger partial charge in [-0.2, -0.15) is 4.31 Å². The van der Waals surface area contributed by atoms with E-state index in [9.17, 15) is 8.42 Å². The van der Waals surface area contributed by atoms with Crippen molar-refractivity contribution in [2.45, 2.75) is 30.5 Å². The number of hydrogen-bond acceptors (Lipinski definition) is 5. The molecule has 1 fully saturated rings. The molecule has 1 aliphatic rings. The number of rotatable bonds is 4. The van der Waals surface area contributed by atoms with Gasteiger partial charge in [-0.1, -0.05) is 0 Å². The van der Waals surface area contributed by atoms with Gasteiger partial charge in [0.2, 0.25) is 5.09 Å². The summed E-state index contributed by atoms with van der Waals surface area (Å²) in [5.41, 5.74) is 5.43. The van der Waals surface area contributed by atoms with Crippen LogP contribution in [0.2, 0.25) is 0 Å². The lowest BCUT2D eigenvalue weighted by molar-refractivity contribution is 0.186. The number of piperidine rings is 1. The zero-order valence-corrected chi connectivity index (χ0v) is 12.2. The summed E-state index contributed by atoms with van der Waals surface area (Å²) in [4.78, 5) is 2.15. The molecule has 19 heavy (non-hydrogen) atoms. The van der Waals surface area contributed by atoms with Crippen molar-refractivity contribution in [3.63, 3.8) is 0 Å². The highest BCUT2D eigenvalue weighted by Crippen LogP contribution is 2.23. The second-order valence-electron chi connectivity index (χ2n) is 5.00. The molecule has 2 rings (SSSR count). The van der Waals surface area contributed by atoms with Gasteiger partial charge in [0.15, 0.2) is 0 Å². The fraction of sp³-hybridized carbons (Fsp3) is 0.667. The van der Waals surface area contributed by atoms with Crippen LogP contribution in [0.25, 0.3) is 0 Å². The number of sulfonamides is 1. The minimum absolute atomic E-state index is 0.00447. The first-order valence-electron chi connectivity index (χ1n) is 6.40.